The van der Waals surface area contributed by atoms with Gasteiger partial charge in [0.05, 0.1) is 0 Å². The van der Waals surface area contributed by atoms with Crippen LogP contribution < -0.4 is 5.32 Å². The first kappa shape index (κ1) is 14.3. The fourth-order valence-electron chi connectivity index (χ4n) is 3.03. The van der Waals surface area contributed by atoms with E-state index in [9.17, 15) is 0 Å². The Labute approximate surface area is 127 Å². The van der Waals surface area contributed by atoms with Gasteiger partial charge in [0.1, 0.15) is 0 Å². The second-order valence-corrected chi connectivity index (χ2v) is 5.90. The number of rotatable bonds is 5. The summed E-state index contributed by atoms with van der Waals surface area (Å²) >= 11 is 0. The lowest BCUT2D eigenvalue weighted by Crippen LogP contribution is -2.29. The molecule has 0 spiro atoms. The Morgan fingerprint density at radius 1 is 0.952 bits per heavy atom. The summed E-state index contributed by atoms with van der Waals surface area (Å²) in [5.41, 5.74) is 5.85. The molecule has 21 heavy (non-hydrogen) atoms. The van der Waals surface area contributed by atoms with Crippen molar-refractivity contribution in [1.82, 2.24) is 10.2 Å². The predicted octanol–water partition coefficient (Wildman–Crippen LogP) is 3.01. The van der Waals surface area contributed by atoms with Crippen molar-refractivity contribution in [2.45, 2.75) is 25.9 Å². The molecular formula is C19H24N2. The van der Waals surface area contributed by atoms with Crippen molar-refractivity contribution in [3.8, 4) is 0 Å². The second kappa shape index (κ2) is 6.88. The van der Waals surface area contributed by atoms with Crippen molar-refractivity contribution < 1.29 is 0 Å². The van der Waals surface area contributed by atoms with E-state index < -0.39 is 0 Å². The van der Waals surface area contributed by atoms with E-state index in [2.05, 4.69) is 58.7 Å². The van der Waals surface area contributed by atoms with E-state index in [0.29, 0.717) is 0 Å². The lowest BCUT2D eigenvalue weighted by molar-refractivity contribution is 0.245. The van der Waals surface area contributed by atoms with Crippen LogP contribution in [0.5, 0.6) is 0 Å². The van der Waals surface area contributed by atoms with Crippen LogP contribution in [0.1, 0.15) is 22.3 Å². The molecule has 0 aliphatic carbocycles. The Hall–Kier alpha value is -1.64. The fraction of sp³-hybridized carbons (Fsp3) is 0.368. The summed E-state index contributed by atoms with van der Waals surface area (Å²) in [6.07, 6.45) is 2.28. The summed E-state index contributed by atoms with van der Waals surface area (Å²) in [6.45, 7) is 4.35. The monoisotopic (exact) mass is 280 g/mol. The van der Waals surface area contributed by atoms with Crippen LogP contribution in [0, 0.1) is 0 Å². The molecule has 3 rings (SSSR count). The van der Waals surface area contributed by atoms with Crippen LogP contribution in [-0.4, -0.2) is 25.0 Å². The number of hydrogen-bond donors (Lipinski definition) is 1. The van der Waals surface area contributed by atoms with Gasteiger partial charge in [-0.2, -0.15) is 0 Å². The second-order valence-electron chi connectivity index (χ2n) is 5.90. The first-order valence-corrected chi connectivity index (χ1v) is 7.87. The molecule has 0 saturated heterocycles. The van der Waals surface area contributed by atoms with Gasteiger partial charge < -0.3 is 5.32 Å². The quantitative estimate of drug-likeness (QED) is 0.906. The molecule has 1 aliphatic heterocycles. The minimum Gasteiger partial charge on any atom is -0.319 e. The first-order valence-electron chi connectivity index (χ1n) is 7.87. The van der Waals surface area contributed by atoms with E-state index in [4.69, 9.17) is 0 Å². The Morgan fingerprint density at radius 3 is 2.43 bits per heavy atom. The molecule has 110 valence electrons. The van der Waals surface area contributed by atoms with Gasteiger partial charge in [0.15, 0.2) is 0 Å². The third kappa shape index (κ3) is 3.72. The highest BCUT2D eigenvalue weighted by atomic mass is 15.1. The minimum atomic E-state index is 1.04. The number of nitrogens with zero attached hydrogens (tertiary/aromatic N) is 1. The average molecular weight is 280 g/mol. The fourth-order valence-corrected chi connectivity index (χ4v) is 3.03. The predicted molar refractivity (Wildman–Crippen MR) is 88.3 cm³/mol. The highest BCUT2D eigenvalue weighted by Gasteiger charge is 2.15. The molecule has 1 heterocycles. The van der Waals surface area contributed by atoms with Crippen molar-refractivity contribution in [2.24, 2.45) is 0 Å². The summed E-state index contributed by atoms with van der Waals surface area (Å²) in [6, 6.07) is 17.9. The zero-order chi connectivity index (χ0) is 14.5. The maximum absolute atomic E-state index is 3.20. The van der Waals surface area contributed by atoms with Gasteiger partial charge in [-0.25, -0.2) is 0 Å². The van der Waals surface area contributed by atoms with Gasteiger partial charge in [-0.3, -0.25) is 4.90 Å². The van der Waals surface area contributed by atoms with Crippen molar-refractivity contribution >= 4 is 0 Å². The Balaban J connectivity index is 1.60. The van der Waals surface area contributed by atoms with Crippen LogP contribution >= 0.6 is 0 Å². The molecule has 0 unspecified atom stereocenters. The Kier molecular flexibility index (Phi) is 4.69. The van der Waals surface area contributed by atoms with Gasteiger partial charge in [0.25, 0.3) is 0 Å². The van der Waals surface area contributed by atoms with Crippen molar-refractivity contribution in [2.75, 3.05) is 20.1 Å². The molecule has 0 atom stereocenters. The van der Waals surface area contributed by atoms with E-state index in [0.717, 1.165) is 26.1 Å². The number of benzene rings is 2. The van der Waals surface area contributed by atoms with Crippen LogP contribution in [0.15, 0.2) is 48.5 Å². The van der Waals surface area contributed by atoms with Crippen LogP contribution in [0.3, 0.4) is 0 Å². The molecule has 2 aromatic carbocycles. The molecule has 2 nitrogen and oxygen atoms in total. The maximum Gasteiger partial charge on any atom is 0.0240 e. The number of nitrogens with one attached hydrogen (secondary N) is 1. The number of likely N-dealkylation sites (N-methyl/N-ethyl adjacent to an activating group) is 1. The topological polar surface area (TPSA) is 15.3 Å². The normalized spacial score (nSPS) is 14.9. The summed E-state index contributed by atoms with van der Waals surface area (Å²) in [5.74, 6) is 0. The molecule has 0 fully saturated rings. The lowest BCUT2D eigenvalue weighted by Gasteiger charge is -2.28. The van der Waals surface area contributed by atoms with Gasteiger partial charge in [0.2, 0.25) is 0 Å². The first-order chi connectivity index (χ1) is 10.3. The highest BCUT2D eigenvalue weighted by Crippen LogP contribution is 2.20. The zero-order valence-electron chi connectivity index (χ0n) is 12.8. The van der Waals surface area contributed by atoms with Gasteiger partial charge in [0, 0.05) is 19.6 Å². The number of fused-ring (bicyclic) bond motifs is 1. The molecule has 0 aromatic heterocycles. The van der Waals surface area contributed by atoms with E-state index >= 15 is 0 Å². The van der Waals surface area contributed by atoms with Gasteiger partial charge in [-0.1, -0.05) is 48.5 Å². The molecule has 0 radical (unpaired) electrons. The minimum absolute atomic E-state index is 1.04. The van der Waals surface area contributed by atoms with E-state index in [-0.39, 0.29) is 0 Å². The third-order valence-corrected chi connectivity index (χ3v) is 4.30. The maximum atomic E-state index is 3.20. The molecular weight excluding hydrogens is 256 g/mol. The number of hydrogen-bond acceptors (Lipinski definition) is 2. The molecule has 0 amide bonds. The van der Waals surface area contributed by atoms with Crippen LogP contribution in [0.4, 0.5) is 0 Å². The Bertz CT molecular complexity index is 574. The standard InChI is InChI=1S/C19H24N2/c1-20-12-10-16-6-8-17(9-7-16)14-21-13-11-18-4-2-3-5-19(18)15-21/h2-9,20H,10-15H2,1H3. The molecule has 0 bridgehead atoms. The SMILES string of the molecule is CNCCc1ccc(CN2CCc3ccccc3C2)cc1. The van der Waals surface area contributed by atoms with Gasteiger partial charge >= 0.3 is 0 Å². The summed E-state index contributed by atoms with van der Waals surface area (Å²) < 4.78 is 0. The van der Waals surface area contributed by atoms with Crippen LogP contribution in [-0.2, 0) is 25.9 Å². The van der Waals surface area contributed by atoms with E-state index in [1.807, 2.05) is 7.05 Å². The van der Waals surface area contributed by atoms with Gasteiger partial charge in [-0.15, -0.1) is 0 Å². The lowest BCUT2D eigenvalue weighted by atomic mass is 9.99. The van der Waals surface area contributed by atoms with E-state index in [1.54, 1.807) is 0 Å². The highest BCUT2D eigenvalue weighted by molar-refractivity contribution is 5.29. The van der Waals surface area contributed by atoms with Crippen molar-refractivity contribution in [3.63, 3.8) is 0 Å². The van der Waals surface area contributed by atoms with Crippen LogP contribution in [0.2, 0.25) is 0 Å². The summed E-state index contributed by atoms with van der Waals surface area (Å²) in [7, 11) is 2.00. The van der Waals surface area contributed by atoms with Crippen molar-refractivity contribution in [3.05, 3.63) is 70.8 Å². The largest absolute Gasteiger partial charge is 0.319 e. The molecule has 2 heteroatoms. The Morgan fingerprint density at radius 2 is 1.67 bits per heavy atom. The zero-order valence-corrected chi connectivity index (χ0v) is 12.8. The smallest absolute Gasteiger partial charge is 0.0240 e. The third-order valence-electron chi connectivity index (χ3n) is 4.30. The molecule has 1 aliphatic rings. The van der Waals surface area contributed by atoms with Crippen molar-refractivity contribution in [1.29, 1.82) is 0 Å². The molecule has 2 aromatic rings. The molecule has 1 N–H and O–H groups in total. The van der Waals surface area contributed by atoms with Crippen LogP contribution in [0.25, 0.3) is 0 Å². The average Bonchev–Trinajstić information content (AvgIpc) is 2.54. The van der Waals surface area contributed by atoms with E-state index in [1.165, 1.54) is 35.2 Å². The molecule has 0 saturated carbocycles. The summed E-state index contributed by atoms with van der Waals surface area (Å²) in [5, 5.41) is 3.20. The summed E-state index contributed by atoms with van der Waals surface area (Å²) in [4.78, 5) is 2.55. The van der Waals surface area contributed by atoms with Gasteiger partial charge in [-0.05, 0) is 48.7 Å².